The molecule has 1 aliphatic carbocycles. The average molecular weight is 550 g/mol. The number of amides is 1. The van der Waals surface area contributed by atoms with Crippen LogP contribution >= 0.6 is 0 Å². The number of aryl methyl sites for hydroxylation is 1. The van der Waals surface area contributed by atoms with Crippen LogP contribution in [0.25, 0.3) is 0 Å². The number of carbonyl (C=O) groups is 1. The highest BCUT2D eigenvalue weighted by Crippen LogP contribution is 2.37. The second kappa shape index (κ2) is 12.0. The zero-order chi connectivity index (χ0) is 27.2. The van der Waals surface area contributed by atoms with Gasteiger partial charge in [0.05, 0.1) is 16.9 Å². The molecule has 0 aliphatic heterocycles. The Morgan fingerprint density at radius 1 is 0.842 bits per heavy atom. The third-order valence-corrected chi connectivity index (χ3v) is 14.8. The molecule has 0 bridgehead atoms. The van der Waals surface area contributed by atoms with E-state index in [2.05, 4.69) is 50.5 Å². The smallest absolute Gasteiger partial charge is 0.295 e. The van der Waals surface area contributed by atoms with Crippen molar-refractivity contribution < 1.29 is 17.7 Å². The van der Waals surface area contributed by atoms with Gasteiger partial charge in [0.1, 0.15) is 0 Å². The first-order valence-corrected chi connectivity index (χ1v) is 17.1. The number of carbonyl (C=O) groups excluding carboxylic acids is 1. The predicted molar refractivity (Wildman–Crippen MR) is 157 cm³/mol. The molecule has 1 N–H and O–H groups in total. The normalized spacial score (nSPS) is 18.6. The molecule has 5 nitrogen and oxygen atoms in total. The van der Waals surface area contributed by atoms with E-state index in [0.717, 1.165) is 28.8 Å². The molecule has 2 atom stereocenters. The van der Waals surface area contributed by atoms with E-state index in [9.17, 15) is 13.2 Å². The predicted octanol–water partition coefficient (Wildman–Crippen LogP) is 4.81. The van der Waals surface area contributed by atoms with Gasteiger partial charge in [0.25, 0.3) is 8.32 Å². The summed E-state index contributed by atoms with van der Waals surface area (Å²) < 4.78 is 33.5. The molecule has 1 saturated carbocycles. The van der Waals surface area contributed by atoms with Gasteiger partial charge in [-0.25, -0.2) is 13.9 Å². The number of benzene rings is 3. The van der Waals surface area contributed by atoms with Crippen molar-refractivity contribution in [2.45, 2.75) is 63.2 Å². The molecule has 0 spiro atoms. The van der Waals surface area contributed by atoms with Crippen molar-refractivity contribution in [1.29, 1.82) is 0 Å². The van der Waals surface area contributed by atoms with Crippen molar-refractivity contribution in [1.82, 2.24) is 5.48 Å². The summed E-state index contributed by atoms with van der Waals surface area (Å²) >= 11 is 0. The van der Waals surface area contributed by atoms with Crippen LogP contribution in [0.3, 0.4) is 0 Å². The molecule has 0 aromatic heterocycles. The monoisotopic (exact) mass is 549 g/mol. The Bertz CT molecular complexity index is 1250. The fourth-order valence-electron chi connectivity index (χ4n) is 5.73. The standard InChI is InChI=1S/C31H39NO4SSi/c1-31(2,3)38(26-17-9-5-10-18-26,27-19-11-6-12-20-27)36-32-30(33)28-21-13-14-22-29(28)37(34,35)24-23-25-15-7-4-8-16-25/h4-12,15-20,28-29H,13-14,21-24H2,1-3H3,(H,32,33)/t28-,29+/m1/s1. The van der Waals surface area contributed by atoms with Crippen LogP contribution in [-0.2, 0) is 25.6 Å². The molecule has 3 aromatic carbocycles. The zero-order valence-electron chi connectivity index (χ0n) is 22.6. The van der Waals surface area contributed by atoms with Crippen molar-refractivity contribution in [3.05, 3.63) is 96.6 Å². The maximum Gasteiger partial charge on any atom is 0.295 e. The fourth-order valence-corrected chi connectivity index (χ4v) is 12.0. The Balaban J connectivity index is 1.59. The first-order valence-electron chi connectivity index (χ1n) is 13.5. The molecule has 3 aromatic rings. The molecule has 38 heavy (non-hydrogen) atoms. The third kappa shape index (κ3) is 6.11. The fraction of sp³-hybridized carbons (Fsp3) is 0.387. The summed E-state index contributed by atoms with van der Waals surface area (Å²) in [5, 5.41) is 1.10. The van der Waals surface area contributed by atoms with Gasteiger partial charge >= 0.3 is 0 Å². The Hall–Kier alpha value is -2.74. The highest BCUT2D eigenvalue weighted by molar-refractivity contribution is 7.92. The van der Waals surface area contributed by atoms with Crippen LogP contribution in [0.4, 0.5) is 0 Å². The Labute approximate surface area is 228 Å². The average Bonchev–Trinajstić information content (AvgIpc) is 2.93. The quantitative estimate of drug-likeness (QED) is 0.307. The van der Waals surface area contributed by atoms with E-state index >= 15 is 0 Å². The van der Waals surface area contributed by atoms with Gasteiger partial charge in [-0.2, -0.15) is 0 Å². The van der Waals surface area contributed by atoms with E-state index in [1.807, 2.05) is 66.7 Å². The van der Waals surface area contributed by atoms with Crippen molar-refractivity contribution in [2.24, 2.45) is 5.92 Å². The van der Waals surface area contributed by atoms with Crippen LogP contribution in [0.2, 0.25) is 5.04 Å². The SMILES string of the molecule is CC(C)(C)[Si](ONC(=O)[C@@H]1CCCC[C@@H]1S(=O)(=O)CCc1ccccc1)(c1ccccc1)c1ccccc1. The zero-order valence-corrected chi connectivity index (χ0v) is 24.4. The third-order valence-electron chi connectivity index (χ3n) is 7.74. The van der Waals surface area contributed by atoms with Crippen molar-refractivity contribution in [2.75, 3.05) is 5.75 Å². The minimum Gasteiger partial charge on any atom is -0.308 e. The topological polar surface area (TPSA) is 72.5 Å². The summed E-state index contributed by atoms with van der Waals surface area (Å²) in [5.74, 6) is -0.908. The number of nitrogens with one attached hydrogen (secondary N) is 1. The number of hydrogen-bond acceptors (Lipinski definition) is 4. The minimum absolute atomic E-state index is 0.0427. The Kier molecular flexibility index (Phi) is 8.91. The van der Waals surface area contributed by atoms with Crippen molar-refractivity contribution in [3.8, 4) is 0 Å². The molecular formula is C31H39NO4SSi. The van der Waals surface area contributed by atoms with Gasteiger partial charge < -0.3 is 4.53 Å². The van der Waals surface area contributed by atoms with E-state index in [-0.39, 0.29) is 16.7 Å². The Morgan fingerprint density at radius 2 is 1.34 bits per heavy atom. The van der Waals surface area contributed by atoms with E-state index in [4.69, 9.17) is 4.53 Å². The summed E-state index contributed by atoms with van der Waals surface area (Å²) in [7, 11) is -6.45. The van der Waals surface area contributed by atoms with Gasteiger partial charge in [-0.3, -0.25) is 4.79 Å². The molecule has 0 unspecified atom stereocenters. The summed E-state index contributed by atoms with van der Waals surface area (Å²) in [6, 6.07) is 29.8. The van der Waals surface area contributed by atoms with Gasteiger partial charge in [-0.15, -0.1) is 0 Å². The number of hydrogen-bond donors (Lipinski definition) is 1. The van der Waals surface area contributed by atoms with Crippen molar-refractivity contribution >= 4 is 34.4 Å². The van der Waals surface area contributed by atoms with Gasteiger partial charge in [-0.1, -0.05) is 125 Å². The lowest BCUT2D eigenvalue weighted by Gasteiger charge is -2.42. The van der Waals surface area contributed by atoms with Crippen molar-refractivity contribution in [3.63, 3.8) is 0 Å². The molecule has 0 radical (unpaired) electrons. The van der Waals surface area contributed by atoms with Gasteiger partial charge in [-0.05, 0) is 40.2 Å². The highest BCUT2D eigenvalue weighted by atomic mass is 32.2. The number of hydroxylamine groups is 1. The number of rotatable bonds is 9. The van der Waals surface area contributed by atoms with Gasteiger partial charge in [0, 0.05) is 0 Å². The maximum atomic E-state index is 13.7. The largest absolute Gasteiger partial charge is 0.308 e. The summed E-state index contributed by atoms with van der Waals surface area (Å²) in [5.41, 5.74) is 3.82. The van der Waals surface area contributed by atoms with Crippen LogP contribution in [0.15, 0.2) is 91.0 Å². The van der Waals surface area contributed by atoms with Crippen LogP contribution in [0, 0.1) is 5.92 Å². The molecule has 1 aliphatic rings. The lowest BCUT2D eigenvalue weighted by Crippen LogP contribution is -2.69. The molecule has 0 heterocycles. The van der Waals surface area contributed by atoms with Crippen LogP contribution in [-0.4, -0.2) is 33.6 Å². The van der Waals surface area contributed by atoms with E-state index in [1.54, 1.807) is 0 Å². The van der Waals surface area contributed by atoms with Crippen LogP contribution in [0.1, 0.15) is 52.0 Å². The molecular weight excluding hydrogens is 510 g/mol. The molecule has 7 heteroatoms. The van der Waals surface area contributed by atoms with E-state index in [1.165, 1.54) is 0 Å². The number of sulfone groups is 1. The highest BCUT2D eigenvalue weighted by Gasteiger charge is 2.52. The lowest BCUT2D eigenvalue weighted by molar-refractivity contribution is -0.133. The molecule has 1 fully saturated rings. The van der Waals surface area contributed by atoms with Gasteiger partial charge in [0.15, 0.2) is 9.84 Å². The summed E-state index contributed by atoms with van der Waals surface area (Å²) in [6.07, 6.45) is 3.16. The van der Waals surface area contributed by atoms with E-state index < -0.39 is 29.3 Å². The second-order valence-electron chi connectivity index (χ2n) is 11.3. The maximum absolute atomic E-state index is 13.7. The first-order chi connectivity index (χ1) is 18.1. The minimum atomic E-state index is -3.47. The second-order valence-corrected chi connectivity index (χ2v) is 17.8. The molecule has 202 valence electrons. The summed E-state index contributed by atoms with van der Waals surface area (Å²) in [4.78, 5) is 13.7. The molecule has 1 amide bonds. The van der Waals surface area contributed by atoms with Crippen LogP contribution in [0.5, 0.6) is 0 Å². The first kappa shape index (κ1) is 28.3. The summed E-state index contributed by atoms with van der Waals surface area (Å²) in [6.45, 7) is 6.43. The lowest BCUT2D eigenvalue weighted by atomic mass is 9.88. The molecule has 4 rings (SSSR count). The van der Waals surface area contributed by atoms with Crippen LogP contribution < -0.4 is 15.9 Å². The molecule has 0 saturated heterocycles. The van der Waals surface area contributed by atoms with E-state index in [0.29, 0.717) is 19.3 Å². The Morgan fingerprint density at radius 3 is 1.87 bits per heavy atom. The van der Waals surface area contributed by atoms with Gasteiger partial charge in [0.2, 0.25) is 5.91 Å².